The zero-order valence-corrected chi connectivity index (χ0v) is 13.6. The van der Waals surface area contributed by atoms with Crippen LogP contribution in [0.3, 0.4) is 0 Å². The molecule has 1 atom stereocenters. The van der Waals surface area contributed by atoms with E-state index in [2.05, 4.69) is 5.32 Å². The van der Waals surface area contributed by atoms with Crippen LogP contribution >= 0.6 is 0 Å². The zero-order chi connectivity index (χ0) is 17.2. The summed E-state index contributed by atoms with van der Waals surface area (Å²) in [5.74, 6) is -0.571. The lowest BCUT2D eigenvalue weighted by molar-refractivity contribution is -0.154. The lowest BCUT2D eigenvalue weighted by atomic mass is 10.1. The molecule has 0 saturated heterocycles. The van der Waals surface area contributed by atoms with Crippen molar-refractivity contribution in [3.05, 3.63) is 66.2 Å². The lowest BCUT2D eigenvalue weighted by Gasteiger charge is -2.17. The van der Waals surface area contributed by atoms with Gasteiger partial charge < -0.3 is 9.47 Å². The number of carbonyl (C=O) groups is 2. The first-order valence-corrected chi connectivity index (χ1v) is 7.95. The third-order valence-electron chi connectivity index (χ3n) is 3.30. The van der Waals surface area contributed by atoms with Crippen LogP contribution in [0, 0.1) is 0 Å². The smallest absolute Gasteiger partial charge is 0.412 e. The first kappa shape index (κ1) is 17.5. The summed E-state index contributed by atoms with van der Waals surface area (Å²) in [6.07, 6.45) is -0.114. The van der Waals surface area contributed by atoms with Crippen molar-refractivity contribution in [3.63, 3.8) is 0 Å². The summed E-state index contributed by atoms with van der Waals surface area (Å²) in [6, 6.07) is 17.7. The van der Waals surface area contributed by atoms with E-state index >= 15 is 0 Å². The van der Waals surface area contributed by atoms with E-state index in [-0.39, 0.29) is 0 Å². The van der Waals surface area contributed by atoms with E-state index in [4.69, 9.17) is 9.47 Å². The van der Waals surface area contributed by atoms with Crippen LogP contribution in [0.5, 0.6) is 0 Å². The highest BCUT2D eigenvalue weighted by molar-refractivity contribution is 5.87. The van der Waals surface area contributed by atoms with E-state index in [1.165, 1.54) is 0 Å². The number of nitrogens with one attached hydrogen (secondary N) is 1. The fourth-order valence-electron chi connectivity index (χ4n) is 2.05. The molecule has 0 heterocycles. The van der Waals surface area contributed by atoms with Gasteiger partial charge in [-0.25, -0.2) is 9.59 Å². The van der Waals surface area contributed by atoms with Crippen molar-refractivity contribution >= 4 is 17.7 Å². The second kappa shape index (κ2) is 9.35. The molecular formula is C19H21NO4. The van der Waals surface area contributed by atoms with Crippen LogP contribution in [-0.4, -0.2) is 18.7 Å². The van der Waals surface area contributed by atoms with Gasteiger partial charge in [0.1, 0.15) is 0 Å². The topological polar surface area (TPSA) is 64.6 Å². The normalized spacial score (nSPS) is 11.4. The number of rotatable bonds is 7. The molecule has 0 fully saturated rings. The minimum Gasteiger partial charge on any atom is -0.463 e. The van der Waals surface area contributed by atoms with E-state index in [1.807, 2.05) is 19.1 Å². The summed E-state index contributed by atoms with van der Waals surface area (Å²) in [5, 5.41) is 2.60. The third-order valence-corrected chi connectivity index (χ3v) is 3.30. The number of amides is 1. The largest absolute Gasteiger partial charge is 0.463 e. The summed E-state index contributed by atoms with van der Waals surface area (Å²) in [7, 11) is 0. The second-order valence-electron chi connectivity index (χ2n) is 5.21. The molecule has 2 rings (SSSR count). The van der Waals surface area contributed by atoms with Crippen molar-refractivity contribution in [3.8, 4) is 0 Å². The molecule has 0 aliphatic rings. The van der Waals surface area contributed by atoms with E-state index in [0.717, 1.165) is 12.8 Å². The number of carbonyl (C=O) groups excluding carboxylic acids is 2. The number of esters is 1. The molecule has 24 heavy (non-hydrogen) atoms. The van der Waals surface area contributed by atoms with E-state index in [9.17, 15) is 9.59 Å². The SMILES string of the molecule is CCCCOC(=O)[C@@H](OC(=O)Nc1ccccc1)c1ccccc1. The molecule has 126 valence electrons. The predicted molar refractivity (Wildman–Crippen MR) is 91.6 cm³/mol. The van der Waals surface area contributed by atoms with Gasteiger partial charge in [0.05, 0.1) is 6.61 Å². The number of ether oxygens (including phenoxy) is 2. The van der Waals surface area contributed by atoms with Crippen molar-refractivity contribution in [2.45, 2.75) is 25.9 Å². The summed E-state index contributed by atoms with van der Waals surface area (Å²) >= 11 is 0. The highest BCUT2D eigenvalue weighted by Gasteiger charge is 2.26. The van der Waals surface area contributed by atoms with Crippen molar-refractivity contribution in [2.75, 3.05) is 11.9 Å². The molecule has 0 aliphatic heterocycles. The maximum atomic E-state index is 12.3. The fraction of sp³-hybridized carbons (Fsp3) is 0.263. The summed E-state index contributed by atoms with van der Waals surface area (Å²) in [4.78, 5) is 24.4. The minimum absolute atomic E-state index is 0.308. The molecule has 0 saturated carbocycles. The average Bonchev–Trinajstić information content (AvgIpc) is 2.61. The van der Waals surface area contributed by atoms with Crippen molar-refractivity contribution in [1.82, 2.24) is 0 Å². The Hall–Kier alpha value is -2.82. The number of benzene rings is 2. The quantitative estimate of drug-likeness (QED) is 0.607. The van der Waals surface area contributed by atoms with Crippen molar-refractivity contribution < 1.29 is 19.1 Å². The van der Waals surface area contributed by atoms with E-state index in [0.29, 0.717) is 17.9 Å². The number of hydrogen-bond donors (Lipinski definition) is 1. The Morgan fingerprint density at radius 2 is 1.62 bits per heavy atom. The maximum absolute atomic E-state index is 12.3. The van der Waals surface area contributed by atoms with Crippen LogP contribution in [0.25, 0.3) is 0 Å². The van der Waals surface area contributed by atoms with Crippen LogP contribution in [0.4, 0.5) is 10.5 Å². The van der Waals surface area contributed by atoms with Gasteiger partial charge in [0, 0.05) is 11.3 Å². The molecule has 0 aliphatic carbocycles. The van der Waals surface area contributed by atoms with Gasteiger partial charge in [-0.15, -0.1) is 0 Å². The Morgan fingerprint density at radius 3 is 2.25 bits per heavy atom. The van der Waals surface area contributed by atoms with E-state index < -0.39 is 18.2 Å². The average molecular weight is 327 g/mol. The molecule has 5 nitrogen and oxygen atoms in total. The van der Waals surface area contributed by atoms with Gasteiger partial charge in [0.15, 0.2) is 0 Å². The fourth-order valence-corrected chi connectivity index (χ4v) is 2.05. The van der Waals surface area contributed by atoms with Gasteiger partial charge >= 0.3 is 12.1 Å². The van der Waals surface area contributed by atoms with E-state index in [1.54, 1.807) is 48.5 Å². The molecule has 2 aromatic rings. The molecule has 0 aromatic heterocycles. The van der Waals surface area contributed by atoms with Gasteiger partial charge in [-0.05, 0) is 18.6 Å². The third kappa shape index (κ3) is 5.43. The molecular weight excluding hydrogens is 306 g/mol. The maximum Gasteiger partial charge on any atom is 0.412 e. The van der Waals surface area contributed by atoms with Crippen LogP contribution in [0.2, 0.25) is 0 Å². The number of hydrogen-bond acceptors (Lipinski definition) is 4. The molecule has 2 aromatic carbocycles. The molecule has 0 bridgehead atoms. The van der Waals surface area contributed by atoms with Crippen molar-refractivity contribution in [2.24, 2.45) is 0 Å². The van der Waals surface area contributed by atoms with Crippen LogP contribution in [0.15, 0.2) is 60.7 Å². The molecule has 0 unspecified atom stereocenters. The predicted octanol–water partition coefficient (Wildman–Crippen LogP) is 4.32. The highest BCUT2D eigenvalue weighted by Crippen LogP contribution is 2.20. The van der Waals surface area contributed by atoms with Crippen LogP contribution in [0.1, 0.15) is 31.4 Å². The number of para-hydroxylation sites is 1. The number of anilines is 1. The summed E-state index contributed by atoms with van der Waals surface area (Å²) < 4.78 is 10.5. The summed E-state index contributed by atoms with van der Waals surface area (Å²) in [5.41, 5.74) is 1.16. The van der Waals surface area contributed by atoms with Gasteiger partial charge in [-0.1, -0.05) is 61.9 Å². The zero-order valence-electron chi connectivity index (χ0n) is 13.6. The monoisotopic (exact) mass is 327 g/mol. The Kier molecular flexibility index (Phi) is 6.83. The molecule has 0 radical (unpaired) electrons. The molecule has 5 heteroatoms. The second-order valence-corrected chi connectivity index (χ2v) is 5.21. The first-order valence-electron chi connectivity index (χ1n) is 7.95. The highest BCUT2D eigenvalue weighted by atomic mass is 16.6. The Labute approximate surface area is 141 Å². The van der Waals surface area contributed by atoms with Crippen LogP contribution in [-0.2, 0) is 14.3 Å². The van der Waals surface area contributed by atoms with Crippen LogP contribution < -0.4 is 5.32 Å². The van der Waals surface area contributed by atoms with Gasteiger partial charge in [-0.3, -0.25) is 5.32 Å². The molecule has 1 N–H and O–H groups in total. The standard InChI is InChI=1S/C19H21NO4/c1-2-3-14-23-18(21)17(15-10-6-4-7-11-15)24-19(22)20-16-12-8-5-9-13-16/h4-13,17H,2-3,14H2,1H3,(H,20,22)/t17-/m0/s1. The Balaban J connectivity index is 2.05. The Bertz CT molecular complexity index is 643. The minimum atomic E-state index is -1.09. The number of unbranched alkanes of at least 4 members (excludes halogenated alkanes) is 1. The van der Waals surface area contributed by atoms with Gasteiger partial charge in [0.25, 0.3) is 0 Å². The molecule has 0 spiro atoms. The summed E-state index contributed by atoms with van der Waals surface area (Å²) in [6.45, 7) is 2.31. The Morgan fingerprint density at radius 1 is 1.00 bits per heavy atom. The van der Waals surface area contributed by atoms with Gasteiger partial charge in [-0.2, -0.15) is 0 Å². The lowest BCUT2D eigenvalue weighted by Crippen LogP contribution is -2.25. The molecule has 1 amide bonds. The first-order chi connectivity index (χ1) is 11.7. The van der Waals surface area contributed by atoms with Gasteiger partial charge in [0.2, 0.25) is 6.10 Å². The van der Waals surface area contributed by atoms with Crippen molar-refractivity contribution in [1.29, 1.82) is 0 Å².